The maximum absolute atomic E-state index is 11.5. The van der Waals surface area contributed by atoms with Crippen molar-refractivity contribution in [3.05, 3.63) is 0 Å². The Morgan fingerprint density at radius 1 is 1.03 bits per heavy atom. The average Bonchev–Trinajstić information content (AvgIpc) is 3.01. The number of aliphatic hydroxyl groups excluding tert-OH is 3. The van der Waals surface area contributed by atoms with Crippen LogP contribution in [0.4, 0.5) is 0 Å². The van der Waals surface area contributed by atoms with E-state index in [2.05, 4.69) is 20.8 Å². The highest BCUT2D eigenvalue weighted by Gasteiger charge is 2.65. The van der Waals surface area contributed by atoms with Gasteiger partial charge in [0, 0.05) is 6.42 Å². The van der Waals surface area contributed by atoms with Gasteiger partial charge in [0.05, 0.1) is 18.3 Å². The highest BCUT2D eigenvalue weighted by molar-refractivity contribution is 5.66. The third-order valence-electron chi connectivity index (χ3n) is 10.3. The van der Waals surface area contributed by atoms with Gasteiger partial charge in [0.1, 0.15) is 0 Å². The normalized spacial score (nSPS) is 52.9. The fourth-order valence-electron chi connectivity index (χ4n) is 8.68. The lowest BCUT2D eigenvalue weighted by Gasteiger charge is -2.63. The molecule has 4 saturated carbocycles. The number of carbonyl (C=O) groups is 1. The SMILES string of the molecule is C[C@H](CCC(=O)O)C1CCC2C3C(O)C[C@H]4C[C@H](O)CCC4(C)C3C[C@@H](O)C21C. The van der Waals surface area contributed by atoms with Gasteiger partial charge in [0.25, 0.3) is 0 Å². The van der Waals surface area contributed by atoms with Crippen molar-refractivity contribution >= 4 is 5.97 Å². The highest BCUT2D eigenvalue weighted by Crippen LogP contribution is 2.68. The molecule has 0 heterocycles. The lowest BCUT2D eigenvalue weighted by molar-refractivity contribution is -0.207. The molecule has 0 aromatic rings. The number of aliphatic carboxylic acids is 1. The molecule has 0 spiro atoms. The van der Waals surface area contributed by atoms with Gasteiger partial charge < -0.3 is 20.4 Å². The maximum Gasteiger partial charge on any atom is 0.303 e. The summed E-state index contributed by atoms with van der Waals surface area (Å²) in [5.74, 6) is 0.997. The van der Waals surface area contributed by atoms with E-state index >= 15 is 0 Å². The van der Waals surface area contributed by atoms with E-state index in [1.54, 1.807) is 0 Å². The Bertz CT molecular complexity index is 637. The van der Waals surface area contributed by atoms with Gasteiger partial charge in [-0.1, -0.05) is 20.8 Å². The first-order valence-corrected chi connectivity index (χ1v) is 11.8. The van der Waals surface area contributed by atoms with Crippen molar-refractivity contribution in [3.8, 4) is 0 Å². The van der Waals surface area contributed by atoms with Gasteiger partial charge in [-0.3, -0.25) is 4.79 Å². The molecular formula is C24H40O5. The Labute approximate surface area is 174 Å². The summed E-state index contributed by atoms with van der Waals surface area (Å²) < 4.78 is 0. The molecule has 4 fully saturated rings. The summed E-state index contributed by atoms with van der Waals surface area (Å²) in [4.78, 5) is 11.1. The van der Waals surface area contributed by atoms with Crippen LogP contribution in [0.5, 0.6) is 0 Å². The third kappa shape index (κ3) is 3.27. The van der Waals surface area contributed by atoms with Crippen molar-refractivity contribution in [2.75, 3.05) is 0 Å². The average molecular weight is 409 g/mol. The minimum atomic E-state index is -0.748. The number of carboxylic acid groups (broad SMARTS) is 1. The van der Waals surface area contributed by atoms with Crippen LogP contribution in [0.1, 0.15) is 78.6 Å². The summed E-state index contributed by atoms with van der Waals surface area (Å²) >= 11 is 0. The summed E-state index contributed by atoms with van der Waals surface area (Å²) in [6, 6.07) is 0. The van der Waals surface area contributed by atoms with Crippen LogP contribution in [-0.2, 0) is 4.79 Å². The second-order valence-corrected chi connectivity index (χ2v) is 11.4. The van der Waals surface area contributed by atoms with Crippen LogP contribution < -0.4 is 0 Å². The summed E-state index contributed by atoms with van der Waals surface area (Å²) in [6.07, 6.45) is 6.00. The molecule has 4 aliphatic carbocycles. The number of hydrogen-bond acceptors (Lipinski definition) is 4. The molecule has 0 saturated heterocycles. The van der Waals surface area contributed by atoms with Crippen molar-refractivity contribution in [1.29, 1.82) is 0 Å². The van der Waals surface area contributed by atoms with Gasteiger partial charge in [-0.15, -0.1) is 0 Å². The molecule has 0 aliphatic heterocycles. The van der Waals surface area contributed by atoms with Gasteiger partial charge in [0.15, 0.2) is 0 Å². The van der Waals surface area contributed by atoms with E-state index in [1.807, 2.05) is 0 Å². The third-order valence-corrected chi connectivity index (χ3v) is 10.3. The molecule has 0 aromatic carbocycles. The first-order chi connectivity index (χ1) is 13.6. The zero-order chi connectivity index (χ0) is 21.1. The monoisotopic (exact) mass is 408 g/mol. The Kier molecular flexibility index (Phi) is 5.57. The summed E-state index contributed by atoms with van der Waals surface area (Å²) in [5, 5.41) is 42.0. The number of fused-ring (bicyclic) bond motifs is 5. The van der Waals surface area contributed by atoms with Crippen LogP contribution in [0, 0.1) is 46.3 Å². The maximum atomic E-state index is 11.5. The van der Waals surface area contributed by atoms with Crippen molar-refractivity contribution in [2.24, 2.45) is 46.3 Å². The Morgan fingerprint density at radius 2 is 1.76 bits per heavy atom. The van der Waals surface area contributed by atoms with Gasteiger partial charge >= 0.3 is 5.97 Å². The number of carboxylic acids is 1. The predicted octanol–water partition coefficient (Wildman–Crippen LogP) is 3.45. The molecule has 5 nitrogen and oxygen atoms in total. The quantitative estimate of drug-likeness (QED) is 0.571. The zero-order valence-corrected chi connectivity index (χ0v) is 18.3. The van der Waals surface area contributed by atoms with Crippen LogP contribution >= 0.6 is 0 Å². The first-order valence-electron chi connectivity index (χ1n) is 11.8. The molecule has 5 heteroatoms. The van der Waals surface area contributed by atoms with E-state index in [-0.39, 0.29) is 41.3 Å². The minimum Gasteiger partial charge on any atom is -0.481 e. The van der Waals surface area contributed by atoms with Crippen molar-refractivity contribution in [3.63, 3.8) is 0 Å². The second-order valence-electron chi connectivity index (χ2n) is 11.4. The Hall–Kier alpha value is -0.650. The van der Waals surface area contributed by atoms with E-state index in [1.165, 1.54) is 0 Å². The molecule has 11 atom stereocenters. The largest absolute Gasteiger partial charge is 0.481 e. The van der Waals surface area contributed by atoms with Gasteiger partial charge in [0.2, 0.25) is 0 Å². The highest BCUT2D eigenvalue weighted by atomic mass is 16.4. The molecule has 0 amide bonds. The topological polar surface area (TPSA) is 98.0 Å². The zero-order valence-electron chi connectivity index (χ0n) is 18.3. The predicted molar refractivity (Wildman–Crippen MR) is 110 cm³/mol. The van der Waals surface area contributed by atoms with Gasteiger partial charge in [-0.05, 0) is 97.7 Å². The van der Waals surface area contributed by atoms with Crippen LogP contribution in [0.15, 0.2) is 0 Å². The Morgan fingerprint density at radius 3 is 2.45 bits per heavy atom. The van der Waals surface area contributed by atoms with Crippen molar-refractivity contribution in [1.82, 2.24) is 0 Å². The van der Waals surface area contributed by atoms with Crippen LogP contribution in [-0.4, -0.2) is 44.7 Å². The fraction of sp³-hybridized carbons (Fsp3) is 0.958. The number of rotatable bonds is 4. The van der Waals surface area contributed by atoms with E-state index in [4.69, 9.17) is 5.11 Å². The number of hydrogen-bond donors (Lipinski definition) is 4. The molecule has 0 bridgehead atoms. The van der Waals surface area contributed by atoms with E-state index in [0.717, 1.165) is 44.9 Å². The van der Waals surface area contributed by atoms with Crippen LogP contribution in [0.2, 0.25) is 0 Å². The van der Waals surface area contributed by atoms with Gasteiger partial charge in [-0.2, -0.15) is 0 Å². The lowest BCUT2D eigenvalue weighted by Crippen LogP contribution is -2.62. The van der Waals surface area contributed by atoms with Crippen molar-refractivity contribution < 1.29 is 25.2 Å². The fourth-order valence-corrected chi connectivity index (χ4v) is 8.68. The van der Waals surface area contributed by atoms with Crippen LogP contribution in [0.25, 0.3) is 0 Å². The molecule has 29 heavy (non-hydrogen) atoms. The van der Waals surface area contributed by atoms with E-state index in [0.29, 0.717) is 30.1 Å². The Balaban J connectivity index is 1.61. The van der Waals surface area contributed by atoms with E-state index < -0.39 is 12.1 Å². The summed E-state index contributed by atoms with van der Waals surface area (Å²) in [6.45, 7) is 6.72. The standard InChI is InChI=1S/C24H40O5/c1-13(4-7-21(28)29)16-5-6-17-22-18(12-20(27)24(16,17)3)23(2)9-8-15(25)10-14(23)11-19(22)26/h13-20,22,25-27H,4-12H2,1-3H3,(H,28,29)/t13-,14-,15-,16?,17?,18?,19?,20-,22?,23?,24?/m1/s1. The first kappa shape index (κ1) is 21.6. The smallest absolute Gasteiger partial charge is 0.303 e. The van der Waals surface area contributed by atoms with Gasteiger partial charge in [-0.25, -0.2) is 0 Å². The van der Waals surface area contributed by atoms with E-state index in [9.17, 15) is 20.1 Å². The summed E-state index contributed by atoms with van der Waals surface area (Å²) in [5.41, 5.74) is -0.143. The molecular weight excluding hydrogens is 368 g/mol. The second kappa shape index (κ2) is 7.49. The molecule has 4 rings (SSSR count). The van der Waals surface area contributed by atoms with Crippen LogP contribution in [0.3, 0.4) is 0 Å². The molecule has 0 radical (unpaired) electrons. The van der Waals surface area contributed by atoms with Crippen molar-refractivity contribution in [2.45, 2.75) is 96.9 Å². The summed E-state index contributed by atoms with van der Waals surface area (Å²) in [7, 11) is 0. The molecule has 166 valence electrons. The number of aliphatic hydroxyl groups is 3. The molecule has 4 N–H and O–H groups in total. The lowest BCUT2D eigenvalue weighted by atomic mass is 9.43. The molecule has 7 unspecified atom stereocenters. The molecule has 4 aliphatic rings. The molecule has 0 aromatic heterocycles. The minimum absolute atomic E-state index is 0.0957.